The Balaban J connectivity index is 3.72. The summed E-state index contributed by atoms with van der Waals surface area (Å²) in [5, 5.41) is 19.4. The van der Waals surface area contributed by atoms with Crippen LogP contribution >= 0.6 is 0 Å². The number of carbonyl (C=O) groups excluding carboxylic acids is 1. The summed E-state index contributed by atoms with van der Waals surface area (Å²) in [5.74, 6) is -1.35. The van der Waals surface area contributed by atoms with Crippen molar-refractivity contribution in [2.24, 2.45) is 0 Å². The number of methoxy groups -OCH3 is 1. The van der Waals surface area contributed by atoms with E-state index in [1.807, 2.05) is 0 Å². The van der Waals surface area contributed by atoms with Crippen LogP contribution in [0.5, 0.6) is 0 Å². The highest BCUT2D eigenvalue weighted by molar-refractivity contribution is 5.96. The van der Waals surface area contributed by atoms with Gasteiger partial charge in [-0.05, 0) is 0 Å². The van der Waals surface area contributed by atoms with Gasteiger partial charge in [0.05, 0.1) is 18.2 Å². The van der Waals surface area contributed by atoms with Crippen LogP contribution in [0.1, 0.15) is 28.0 Å². The van der Waals surface area contributed by atoms with Crippen molar-refractivity contribution in [2.45, 2.75) is 6.43 Å². The van der Waals surface area contributed by atoms with E-state index in [9.17, 15) is 23.7 Å². The first-order valence-corrected chi connectivity index (χ1v) is 4.37. The molecule has 1 aromatic heterocycles. The SMILES string of the molecule is COC(=O)c1c(C(F)F)ncc(C#N)c1[N+](=O)[O-]. The van der Waals surface area contributed by atoms with Crippen LogP contribution in [-0.2, 0) is 4.74 Å². The number of halogens is 2. The Morgan fingerprint density at radius 3 is 2.67 bits per heavy atom. The molecule has 0 N–H and O–H groups in total. The molecule has 9 heteroatoms. The number of nitrogens with zero attached hydrogens (tertiary/aromatic N) is 3. The normalized spacial score (nSPS) is 9.94. The van der Waals surface area contributed by atoms with E-state index in [-0.39, 0.29) is 0 Å². The Kier molecular flexibility index (Phi) is 3.83. The lowest BCUT2D eigenvalue weighted by atomic mass is 10.1. The first-order chi connectivity index (χ1) is 8.43. The summed E-state index contributed by atoms with van der Waals surface area (Å²) in [6, 6.07) is 1.41. The number of hydrogen-bond donors (Lipinski definition) is 0. The molecule has 0 aliphatic rings. The van der Waals surface area contributed by atoms with E-state index in [2.05, 4.69) is 9.72 Å². The minimum Gasteiger partial charge on any atom is -0.465 e. The monoisotopic (exact) mass is 257 g/mol. The van der Waals surface area contributed by atoms with Crippen LogP contribution in [-0.4, -0.2) is 23.0 Å². The van der Waals surface area contributed by atoms with Crippen molar-refractivity contribution in [3.8, 4) is 6.07 Å². The highest BCUT2D eigenvalue weighted by Gasteiger charge is 2.33. The van der Waals surface area contributed by atoms with Crippen molar-refractivity contribution in [1.82, 2.24) is 4.98 Å². The summed E-state index contributed by atoms with van der Waals surface area (Å²) in [6.07, 6.45) is -2.59. The Bertz CT molecular complexity index is 553. The van der Waals surface area contributed by atoms with E-state index in [1.165, 1.54) is 6.07 Å². The number of pyridine rings is 1. The summed E-state index contributed by atoms with van der Waals surface area (Å²) >= 11 is 0. The maximum Gasteiger partial charge on any atom is 0.347 e. The maximum absolute atomic E-state index is 12.6. The molecule has 0 fully saturated rings. The van der Waals surface area contributed by atoms with Gasteiger partial charge in [0.15, 0.2) is 5.56 Å². The third-order valence-electron chi connectivity index (χ3n) is 1.98. The van der Waals surface area contributed by atoms with Gasteiger partial charge in [0.25, 0.3) is 6.43 Å². The zero-order valence-corrected chi connectivity index (χ0v) is 8.89. The van der Waals surface area contributed by atoms with E-state index in [0.717, 1.165) is 7.11 Å². The molecule has 0 radical (unpaired) electrons. The van der Waals surface area contributed by atoms with E-state index < -0.39 is 39.8 Å². The van der Waals surface area contributed by atoms with Crippen molar-refractivity contribution in [2.75, 3.05) is 7.11 Å². The summed E-state index contributed by atoms with van der Waals surface area (Å²) in [7, 11) is 0.875. The number of aromatic nitrogens is 1. The van der Waals surface area contributed by atoms with E-state index in [4.69, 9.17) is 5.26 Å². The number of hydrogen-bond acceptors (Lipinski definition) is 6. The number of carbonyl (C=O) groups is 1. The van der Waals surface area contributed by atoms with Crippen LogP contribution in [0.25, 0.3) is 0 Å². The number of rotatable bonds is 3. The number of alkyl halides is 2. The van der Waals surface area contributed by atoms with Gasteiger partial charge in [-0.15, -0.1) is 0 Å². The number of nitro groups is 1. The largest absolute Gasteiger partial charge is 0.465 e. The molecular weight excluding hydrogens is 252 g/mol. The van der Waals surface area contributed by atoms with E-state index >= 15 is 0 Å². The van der Waals surface area contributed by atoms with Crippen molar-refractivity contribution in [3.05, 3.63) is 33.1 Å². The molecule has 0 aliphatic carbocycles. The van der Waals surface area contributed by atoms with Crippen LogP contribution in [0.3, 0.4) is 0 Å². The molecule has 0 aromatic carbocycles. The molecule has 1 heterocycles. The molecule has 0 unspecified atom stereocenters. The molecule has 1 aromatic rings. The average molecular weight is 257 g/mol. The summed E-state index contributed by atoms with van der Waals surface area (Å²) in [5.41, 5.74) is -3.72. The van der Waals surface area contributed by atoms with Gasteiger partial charge >= 0.3 is 11.7 Å². The van der Waals surface area contributed by atoms with Crippen LogP contribution in [0.4, 0.5) is 14.5 Å². The fourth-order valence-corrected chi connectivity index (χ4v) is 1.26. The second-order valence-electron chi connectivity index (χ2n) is 2.94. The van der Waals surface area contributed by atoms with Crippen LogP contribution in [0, 0.1) is 21.4 Å². The minimum atomic E-state index is -3.20. The second kappa shape index (κ2) is 5.13. The molecule has 0 atom stereocenters. The van der Waals surface area contributed by atoms with Crippen molar-refractivity contribution in [1.29, 1.82) is 5.26 Å². The zero-order valence-electron chi connectivity index (χ0n) is 8.89. The molecule has 0 bridgehead atoms. The van der Waals surface area contributed by atoms with Crippen LogP contribution < -0.4 is 0 Å². The zero-order chi connectivity index (χ0) is 13.9. The Morgan fingerprint density at radius 1 is 1.67 bits per heavy atom. The molecule has 7 nitrogen and oxygen atoms in total. The number of ether oxygens (including phenoxy) is 1. The van der Waals surface area contributed by atoms with Gasteiger partial charge in [-0.3, -0.25) is 15.1 Å². The Hall–Kier alpha value is -2.63. The lowest BCUT2D eigenvalue weighted by Gasteiger charge is -2.07. The van der Waals surface area contributed by atoms with Gasteiger partial charge in [0.2, 0.25) is 0 Å². The number of nitriles is 1. The Labute approximate surface area is 98.8 Å². The lowest BCUT2D eigenvalue weighted by molar-refractivity contribution is -0.385. The fourth-order valence-electron chi connectivity index (χ4n) is 1.26. The fraction of sp³-hybridized carbons (Fsp3) is 0.222. The second-order valence-corrected chi connectivity index (χ2v) is 2.94. The molecule has 1 rings (SSSR count). The molecule has 0 saturated carbocycles. The molecule has 94 valence electrons. The molecular formula is C9H5F2N3O4. The first-order valence-electron chi connectivity index (χ1n) is 4.37. The highest BCUT2D eigenvalue weighted by Crippen LogP contribution is 2.31. The Morgan fingerprint density at radius 2 is 2.28 bits per heavy atom. The molecule has 0 amide bonds. The van der Waals surface area contributed by atoms with Crippen molar-refractivity contribution < 1.29 is 23.2 Å². The van der Waals surface area contributed by atoms with E-state index in [1.54, 1.807) is 0 Å². The van der Waals surface area contributed by atoms with Gasteiger partial charge in [0, 0.05) is 0 Å². The van der Waals surface area contributed by atoms with Gasteiger partial charge in [-0.25, -0.2) is 13.6 Å². The molecule has 0 saturated heterocycles. The third-order valence-corrected chi connectivity index (χ3v) is 1.98. The lowest BCUT2D eigenvalue weighted by Crippen LogP contribution is -2.13. The highest BCUT2D eigenvalue weighted by atomic mass is 19.3. The summed E-state index contributed by atoms with van der Waals surface area (Å²) < 4.78 is 29.4. The predicted octanol–water partition coefficient (Wildman–Crippen LogP) is 1.59. The predicted molar refractivity (Wildman–Crippen MR) is 51.9 cm³/mol. The van der Waals surface area contributed by atoms with Gasteiger partial charge in [0.1, 0.15) is 17.3 Å². The summed E-state index contributed by atoms with van der Waals surface area (Å²) in [6.45, 7) is 0. The number of esters is 1. The maximum atomic E-state index is 12.6. The van der Waals surface area contributed by atoms with Crippen LogP contribution in [0.2, 0.25) is 0 Å². The smallest absolute Gasteiger partial charge is 0.347 e. The topological polar surface area (TPSA) is 106 Å². The quantitative estimate of drug-likeness (QED) is 0.462. The molecule has 0 aliphatic heterocycles. The van der Waals surface area contributed by atoms with Crippen molar-refractivity contribution >= 4 is 11.7 Å². The first kappa shape index (κ1) is 13.4. The minimum absolute atomic E-state index is 0.593. The van der Waals surface area contributed by atoms with Gasteiger partial charge in [-0.2, -0.15) is 5.26 Å². The van der Waals surface area contributed by atoms with E-state index in [0.29, 0.717) is 6.20 Å². The van der Waals surface area contributed by atoms with Crippen LogP contribution in [0.15, 0.2) is 6.20 Å². The average Bonchev–Trinajstić information content (AvgIpc) is 2.35. The molecule has 18 heavy (non-hydrogen) atoms. The third kappa shape index (κ3) is 2.22. The van der Waals surface area contributed by atoms with Gasteiger partial charge < -0.3 is 4.74 Å². The van der Waals surface area contributed by atoms with Gasteiger partial charge in [-0.1, -0.05) is 0 Å². The standard InChI is InChI=1S/C9H5F2N3O4/c1-18-9(15)5-6(8(10)11)13-3-4(2-12)7(5)14(16)17/h3,8H,1H3. The molecule has 0 spiro atoms. The van der Waals surface area contributed by atoms with Crippen molar-refractivity contribution in [3.63, 3.8) is 0 Å². The summed E-state index contributed by atoms with van der Waals surface area (Å²) in [4.78, 5) is 24.2.